The summed E-state index contributed by atoms with van der Waals surface area (Å²) in [4.78, 5) is 15.9. The van der Waals surface area contributed by atoms with Crippen molar-refractivity contribution < 1.29 is 13.9 Å². The van der Waals surface area contributed by atoms with Crippen molar-refractivity contribution in [2.24, 2.45) is 0 Å². The molecule has 2 aromatic rings. The molecule has 0 aliphatic carbocycles. The van der Waals surface area contributed by atoms with Crippen molar-refractivity contribution in [2.75, 3.05) is 32.8 Å². The molecule has 0 radical (unpaired) electrons. The molecule has 0 aromatic heterocycles. The predicted octanol–water partition coefficient (Wildman–Crippen LogP) is 4.15. The predicted molar refractivity (Wildman–Crippen MR) is 111 cm³/mol. The number of rotatable bonds is 7. The fraction of sp³-hybridized carbons (Fsp3) is 0.381. The molecule has 150 valence electrons. The number of thioether (sulfide) groups is 1. The Hall–Kier alpha value is -1.60. The molecule has 1 saturated heterocycles. The highest BCUT2D eigenvalue weighted by atomic mass is 35.5. The Kier molecular flexibility index (Phi) is 7.73. The second kappa shape index (κ2) is 10.3. The van der Waals surface area contributed by atoms with Gasteiger partial charge in [0.2, 0.25) is 5.91 Å². The van der Waals surface area contributed by atoms with E-state index >= 15 is 0 Å². The van der Waals surface area contributed by atoms with Crippen molar-refractivity contribution in [3.8, 4) is 0 Å². The summed E-state index contributed by atoms with van der Waals surface area (Å²) in [7, 11) is 0. The fourth-order valence-corrected chi connectivity index (χ4v) is 4.16. The number of ether oxygens (including phenoxy) is 1. The third kappa shape index (κ3) is 5.95. The maximum Gasteiger partial charge on any atom is 0.233 e. The average molecular weight is 423 g/mol. The largest absolute Gasteiger partial charge is 0.379 e. The standard InChI is InChI=1S/C21H24ClFN2O2S/c1-15(28-19-8-4-17(22)5-9-19)21(26)24-14-20(25-10-12-27-13-11-25)16-2-6-18(23)7-3-16/h2-9,15,20H,10-14H2,1H3,(H,24,26)/t15-,20-/m0/s1. The number of hydrogen-bond acceptors (Lipinski definition) is 4. The molecule has 1 N–H and O–H groups in total. The lowest BCUT2D eigenvalue weighted by atomic mass is 10.0. The van der Waals surface area contributed by atoms with Crippen LogP contribution in [0.2, 0.25) is 5.02 Å². The molecule has 2 atom stereocenters. The van der Waals surface area contributed by atoms with Gasteiger partial charge in [0.05, 0.1) is 24.5 Å². The summed E-state index contributed by atoms with van der Waals surface area (Å²) in [6, 6.07) is 13.9. The molecule has 7 heteroatoms. The zero-order chi connectivity index (χ0) is 19.9. The Morgan fingerprint density at radius 2 is 1.82 bits per heavy atom. The molecule has 0 unspecified atom stereocenters. The lowest BCUT2D eigenvalue weighted by Gasteiger charge is -2.35. The molecule has 2 aromatic carbocycles. The first-order valence-corrected chi connectivity index (χ1v) is 10.6. The minimum absolute atomic E-state index is 0.0128. The first-order valence-electron chi connectivity index (χ1n) is 9.30. The molecule has 0 bridgehead atoms. The quantitative estimate of drug-likeness (QED) is 0.680. The van der Waals surface area contributed by atoms with E-state index in [4.69, 9.17) is 16.3 Å². The van der Waals surface area contributed by atoms with Gasteiger partial charge in [-0.05, 0) is 48.9 Å². The zero-order valence-electron chi connectivity index (χ0n) is 15.7. The van der Waals surface area contributed by atoms with E-state index in [0.29, 0.717) is 24.8 Å². The van der Waals surface area contributed by atoms with E-state index in [1.54, 1.807) is 12.1 Å². The first kappa shape index (κ1) is 21.1. The third-order valence-electron chi connectivity index (χ3n) is 4.71. The number of carbonyl (C=O) groups is 1. The van der Waals surface area contributed by atoms with Gasteiger partial charge in [0, 0.05) is 29.6 Å². The maximum atomic E-state index is 13.3. The van der Waals surface area contributed by atoms with E-state index in [0.717, 1.165) is 23.5 Å². The zero-order valence-corrected chi connectivity index (χ0v) is 17.3. The topological polar surface area (TPSA) is 41.6 Å². The van der Waals surface area contributed by atoms with Crippen molar-refractivity contribution in [3.63, 3.8) is 0 Å². The van der Waals surface area contributed by atoms with E-state index < -0.39 is 0 Å². The van der Waals surface area contributed by atoms with Crippen LogP contribution in [0.3, 0.4) is 0 Å². The maximum absolute atomic E-state index is 13.3. The van der Waals surface area contributed by atoms with E-state index in [9.17, 15) is 9.18 Å². The van der Waals surface area contributed by atoms with Crippen molar-refractivity contribution in [1.82, 2.24) is 10.2 Å². The van der Waals surface area contributed by atoms with Gasteiger partial charge in [-0.25, -0.2) is 4.39 Å². The van der Waals surface area contributed by atoms with E-state index in [-0.39, 0.29) is 23.0 Å². The number of halogens is 2. The van der Waals surface area contributed by atoms with Crippen LogP contribution < -0.4 is 5.32 Å². The van der Waals surface area contributed by atoms with Crippen LogP contribution in [0.5, 0.6) is 0 Å². The van der Waals surface area contributed by atoms with Crippen LogP contribution in [0, 0.1) is 5.82 Å². The van der Waals surface area contributed by atoms with E-state index in [1.807, 2.05) is 31.2 Å². The Morgan fingerprint density at radius 1 is 1.18 bits per heavy atom. The van der Waals surface area contributed by atoms with Gasteiger partial charge in [-0.15, -0.1) is 11.8 Å². The second-order valence-corrected chi connectivity index (χ2v) is 8.53. The average Bonchev–Trinajstić information content (AvgIpc) is 2.71. The molecule has 1 aliphatic heterocycles. The molecule has 4 nitrogen and oxygen atoms in total. The van der Waals surface area contributed by atoms with Crippen LogP contribution in [0.25, 0.3) is 0 Å². The number of morpholine rings is 1. The van der Waals surface area contributed by atoms with E-state index in [2.05, 4.69) is 10.2 Å². The highest BCUT2D eigenvalue weighted by Gasteiger charge is 2.24. The normalized spacial score (nSPS) is 17.1. The highest BCUT2D eigenvalue weighted by molar-refractivity contribution is 8.00. The van der Waals surface area contributed by atoms with Crippen LogP contribution in [-0.2, 0) is 9.53 Å². The van der Waals surface area contributed by atoms with Crippen molar-refractivity contribution in [3.05, 3.63) is 64.9 Å². The Balaban J connectivity index is 1.62. The number of benzene rings is 2. The molecule has 0 saturated carbocycles. The van der Waals surface area contributed by atoms with Gasteiger partial charge in [-0.2, -0.15) is 0 Å². The smallest absolute Gasteiger partial charge is 0.233 e. The minimum Gasteiger partial charge on any atom is -0.379 e. The molecule has 1 heterocycles. The lowest BCUT2D eigenvalue weighted by Crippen LogP contribution is -2.44. The minimum atomic E-state index is -0.263. The molecule has 1 fully saturated rings. The lowest BCUT2D eigenvalue weighted by molar-refractivity contribution is -0.120. The summed E-state index contributed by atoms with van der Waals surface area (Å²) in [6.45, 7) is 5.25. The Labute approximate surface area is 174 Å². The number of nitrogens with zero attached hydrogens (tertiary/aromatic N) is 1. The van der Waals surface area contributed by atoms with Gasteiger partial charge in [0.1, 0.15) is 5.82 Å². The molecule has 3 rings (SSSR count). The monoisotopic (exact) mass is 422 g/mol. The summed E-state index contributed by atoms with van der Waals surface area (Å²) in [6.07, 6.45) is 0. The molecular weight excluding hydrogens is 399 g/mol. The van der Waals surface area contributed by atoms with Gasteiger partial charge >= 0.3 is 0 Å². The summed E-state index contributed by atoms with van der Waals surface area (Å²) in [5.74, 6) is -0.290. The van der Waals surface area contributed by atoms with Crippen LogP contribution in [0.15, 0.2) is 53.4 Å². The molecular formula is C21H24ClFN2O2S. The van der Waals surface area contributed by atoms with Gasteiger partial charge in [0.25, 0.3) is 0 Å². The van der Waals surface area contributed by atoms with Gasteiger partial charge < -0.3 is 10.1 Å². The van der Waals surface area contributed by atoms with Crippen molar-refractivity contribution in [1.29, 1.82) is 0 Å². The second-order valence-electron chi connectivity index (χ2n) is 6.67. The molecule has 1 amide bonds. The molecule has 28 heavy (non-hydrogen) atoms. The van der Waals surface area contributed by atoms with Crippen molar-refractivity contribution in [2.45, 2.75) is 23.1 Å². The molecule has 1 aliphatic rings. The van der Waals surface area contributed by atoms with Crippen molar-refractivity contribution >= 4 is 29.3 Å². The Morgan fingerprint density at radius 3 is 2.46 bits per heavy atom. The summed E-state index contributed by atoms with van der Waals surface area (Å²) in [5.41, 5.74) is 0.988. The summed E-state index contributed by atoms with van der Waals surface area (Å²) in [5, 5.41) is 3.50. The van der Waals surface area contributed by atoms with E-state index in [1.165, 1.54) is 23.9 Å². The van der Waals surface area contributed by atoms with Gasteiger partial charge in [-0.1, -0.05) is 23.7 Å². The van der Waals surface area contributed by atoms with Crippen LogP contribution in [-0.4, -0.2) is 48.9 Å². The number of carbonyl (C=O) groups excluding carboxylic acids is 1. The van der Waals surface area contributed by atoms with Gasteiger partial charge in [0.15, 0.2) is 0 Å². The third-order valence-corrected chi connectivity index (χ3v) is 6.07. The first-order chi connectivity index (χ1) is 13.5. The molecule has 0 spiro atoms. The fourth-order valence-electron chi connectivity index (χ4n) is 3.14. The number of hydrogen-bond donors (Lipinski definition) is 1. The SMILES string of the molecule is C[C@H](Sc1ccc(Cl)cc1)C(=O)NC[C@@H](c1ccc(F)cc1)N1CCOCC1. The van der Waals surface area contributed by atoms with Crippen LogP contribution in [0.4, 0.5) is 4.39 Å². The highest BCUT2D eigenvalue weighted by Crippen LogP contribution is 2.26. The number of nitrogens with one attached hydrogen (secondary N) is 1. The Bertz CT molecular complexity index is 767. The number of amides is 1. The van der Waals surface area contributed by atoms with Crippen LogP contribution in [0.1, 0.15) is 18.5 Å². The summed E-state index contributed by atoms with van der Waals surface area (Å²) >= 11 is 7.40. The van der Waals surface area contributed by atoms with Gasteiger partial charge in [-0.3, -0.25) is 9.69 Å². The summed E-state index contributed by atoms with van der Waals surface area (Å²) < 4.78 is 18.8. The van der Waals surface area contributed by atoms with Crippen LogP contribution >= 0.6 is 23.4 Å².